The van der Waals surface area contributed by atoms with Crippen molar-refractivity contribution in [1.82, 2.24) is 0 Å². The lowest BCUT2D eigenvalue weighted by Crippen LogP contribution is -2.59. The minimum atomic E-state index is -7.24. The Labute approximate surface area is 112 Å². The Morgan fingerprint density at radius 3 is 1.50 bits per heavy atom. The van der Waals surface area contributed by atoms with Crippen molar-refractivity contribution in [3.05, 3.63) is 0 Å². The summed E-state index contributed by atoms with van der Waals surface area (Å²) in [5.41, 5.74) is 0. The number of carbonyl (C=O) groups is 1. The van der Waals surface area contributed by atoms with Crippen LogP contribution in [0.25, 0.3) is 0 Å². The summed E-state index contributed by atoms with van der Waals surface area (Å²) in [6, 6.07) is 0. The van der Waals surface area contributed by atoms with E-state index in [-0.39, 0.29) is 0 Å². The summed E-state index contributed by atoms with van der Waals surface area (Å²) in [6.45, 7) is -2.22. The molecule has 132 valence electrons. The second-order valence-corrected chi connectivity index (χ2v) is 3.41. The van der Waals surface area contributed by atoms with E-state index in [1.807, 2.05) is 0 Å². The lowest BCUT2D eigenvalue weighted by Gasteiger charge is -2.32. The van der Waals surface area contributed by atoms with Gasteiger partial charge < -0.3 is 9.84 Å². The van der Waals surface area contributed by atoms with E-state index in [0.717, 1.165) is 0 Å². The molecule has 4 nitrogen and oxygen atoms in total. The van der Waals surface area contributed by atoms with E-state index < -0.39 is 43.0 Å². The topological polar surface area (TPSA) is 55.8 Å². The zero-order valence-electron chi connectivity index (χ0n) is 9.54. The summed E-state index contributed by atoms with van der Waals surface area (Å²) in [6.07, 6.45) is -27.2. The summed E-state index contributed by atoms with van der Waals surface area (Å²) in [5, 5.41) is 7.85. The number of rotatable bonds is 7. The summed E-state index contributed by atoms with van der Waals surface area (Å²) >= 11 is 0. The molecule has 1 N–H and O–H groups in total. The number of ether oxygens (including phenoxy) is 2. The molecular formula is C7H3F11O4. The van der Waals surface area contributed by atoms with E-state index in [1.165, 1.54) is 0 Å². The molecule has 0 bridgehead atoms. The highest BCUT2D eigenvalue weighted by Crippen LogP contribution is 2.51. The molecule has 22 heavy (non-hydrogen) atoms. The Hall–Kier alpha value is -1.38. The molecule has 0 aliphatic carbocycles. The van der Waals surface area contributed by atoms with E-state index in [0.29, 0.717) is 0 Å². The van der Waals surface area contributed by atoms with Gasteiger partial charge in [0.1, 0.15) is 0 Å². The average molecular weight is 360 g/mol. The monoisotopic (exact) mass is 360 g/mol. The van der Waals surface area contributed by atoms with Crippen LogP contribution in [0.1, 0.15) is 0 Å². The van der Waals surface area contributed by atoms with Crippen molar-refractivity contribution in [3.63, 3.8) is 0 Å². The zero-order chi connectivity index (χ0) is 18.2. The SMILES string of the molecule is O=C(O)COC(F)(F)C(F)(F)OC(F)(F)C(F)(F)C(F)(F)F. The average Bonchev–Trinajstić information content (AvgIpc) is 2.22. The molecule has 0 unspecified atom stereocenters. The molecule has 0 aliphatic heterocycles. The second-order valence-electron chi connectivity index (χ2n) is 3.41. The fraction of sp³-hybridized carbons (Fsp3) is 0.857. The Balaban J connectivity index is 5.37. The first-order chi connectivity index (χ1) is 9.37. The molecule has 0 saturated carbocycles. The van der Waals surface area contributed by atoms with Crippen LogP contribution in [0.4, 0.5) is 48.3 Å². The normalized spacial score (nSPS) is 15.0. The van der Waals surface area contributed by atoms with Gasteiger partial charge >= 0.3 is 36.4 Å². The van der Waals surface area contributed by atoms with Crippen LogP contribution in [-0.2, 0) is 14.3 Å². The van der Waals surface area contributed by atoms with Crippen molar-refractivity contribution in [3.8, 4) is 0 Å². The molecule has 0 amide bonds. The molecule has 0 rings (SSSR count). The van der Waals surface area contributed by atoms with E-state index in [1.54, 1.807) is 4.74 Å². The van der Waals surface area contributed by atoms with Gasteiger partial charge in [0, 0.05) is 0 Å². The Bertz CT molecular complexity index is 415. The molecule has 0 saturated heterocycles. The van der Waals surface area contributed by atoms with Gasteiger partial charge in [-0.25, -0.2) is 9.53 Å². The standard InChI is InChI=1S/C7H3F11O4/c8-3(9,4(10,11)12)5(13,14)22-7(17,18)6(15,16)21-1-2(19)20/h1H2,(H,19,20). The van der Waals surface area contributed by atoms with Gasteiger partial charge in [-0.05, 0) is 0 Å². The van der Waals surface area contributed by atoms with Gasteiger partial charge in [0.05, 0.1) is 0 Å². The molecule has 0 heterocycles. The molecular weight excluding hydrogens is 357 g/mol. The summed E-state index contributed by atoms with van der Waals surface area (Å²) < 4.78 is 139. The molecule has 0 radical (unpaired) electrons. The van der Waals surface area contributed by atoms with Gasteiger partial charge in [-0.1, -0.05) is 0 Å². The van der Waals surface area contributed by atoms with Crippen molar-refractivity contribution in [2.75, 3.05) is 6.61 Å². The predicted octanol–water partition coefficient (Wildman–Crippen LogP) is 3.08. The summed E-state index contributed by atoms with van der Waals surface area (Å²) in [7, 11) is 0. The third-order valence-electron chi connectivity index (χ3n) is 1.69. The number of hydrogen-bond donors (Lipinski definition) is 1. The van der Waals surface area contributed by atoms with E-state index >= 15 is 0 Å². The van der Waals surface area contributed by atoms with Crippen molar-refractivity contribution in [2.45, 2.75) is 30.4 Å². The number of hydrogen-bond acceptors (Lipinski definition) is 3. The van der Waals surface area contributed by atoms with Crippen molar-refractivity contribution in [2.24, 2.45) is 0 Å². The highest BCUT2D eigenvalue weighted by atomic mass is 19.4. The molecule has 0 fully saturated rings. The molecule has 0 spiro atoms. The number of carboxylic acid groups (broad SMARTS) is 1. The van der Waals surface area contributed by atoms with Crippen molar-refractivity contribution in [1.29, 1.82) is 0 Å². The van der Waals surface area contributed by atoms with E-state index in [9.17, 15) is 53.1 Å². The maximum Gasteiger partial charge on any atom is 0.462 e. The highest BCUT2D eigenvalue weighted by molar-refractivity contribution is 5.68. The maximum atomic E-state index is 12.6. The van der Waals surface area contributed by atoms with Crippen LogP contribution in [0.15, 0.2) is 0 Å². The zero-order valence-corrected chi connectivity index (χ0v) is 9.54. The first kappa shape index (κ1) is 20.6. The highest BCUT2D eigenvalue weighted by Gasteiger charge is 2.78. The van der Waals surface area contributed by atoms with Crippen LogP contribution >= 0.6 is 0 Å². The quantitative estimate of drug-likeness (QED) is 0.709. The van der Waals surface area contributed by atoms with Crippen LogP contribution in [-0.4, -0.2) is 48.1 Å². The fourth-order valence-corrected chi connectivity index (χ4v) is 0.686. The van der Waals surface area contributed by atoms with Gasteiger partial charge in [-0.2, -0.15) is 48.3 Å². The molecule has 0 aromatic heterocycles. The number of aliphatic carboxylic acids is 1. The molecule has 0 aromatic rings. The summed E-state index contributed by atoms with van der Waals surface area (Å²) in [4.78, 5) is 9.79. The van der Waals surface area contributed by atoms with Gasteiger partial charge in [0.25, 0.3) is 0 Å². The fourth-order valence-electron chi connectivity index (χ4n) is 0.686. The van der Waals surface area contributed by atoms with Crippen LogP contribution < -0.4 is 0 Å². The minimum absolute atomic E-state index is 1.61. The van der Waals surface area contributed by atoms with Crippen LogP contribution in [0, 0.1) is 0 Å². The predicted molar refractivity (Wildman–Crippen MR) is 40.5 cm³/mol. The first-order valence-corrected chi connectivity index (χ1v) is 4.51. The van der Waals surface area contributed by atoms with Gasteiger partial charge in [-0.15, -0.1) is 0 Å². The minimum Gasteiger partial charge on any atom is -0.480 e. The van der Waals surface area contributed by atoms with Crippen molar-refractivity contribution >= 4 is 5.97 Å². The Kier molecular flexibility index (Phi) is 5.32. The van der Waals surface area contributed by atoms with Crippen LogP contribution in [0.3, 0.4) is 0 Å². The smallest absolute Gasteiger partial charge is 0.462 e. The van der Waals surface area contributed by atoms with Crippen LogP contribution in [0.5, 0.6) is 0 Å². The van der Waals surface area contributed by atoms with Gasteiger partial charge in [-0.3, -0.25) is 0 Å². The first-order valence-electron chi connectivity index (χ1n) is 4.51. The van der Waals surface area contributed by atoms with Crippen LogP contribution in [0.2, 0.25) is 0 Å². The lowest BCUT2D eigenvalue weighted by atomic mass is 10.3. The maximum absolute atomic E-state index is 12.6. The molecule has 0 aliphatic rings. The number of alkyl halides is 11. The molecule has 0 aromatic carbocycles. The van der Waals surface area contributed by atoms with Gasteiger partial charge in [0.2, 0.25) is 0 Å². The largest absolute Gasteiger partial charge is 0.480 e. The molecule has 0 atom stereocenters. The Morgan fingerprint density at radius 1 is 0.773 bits per heavy atom. The van der Waals surface area contributed by atoms with E-state index in [2.05, 4.69) is 4.74 Å². The lowest BCUT2D eigenvalue weighted by molar-refractivity contribution is -0.521. The third-order valence-corrected chi connectivity index (χ3v) is 1.69. The van der Waals surface area contributed by atoms with E-state index in [4.69, 9.17) is 5.11 Å². The number of halogens is 11. The van der Waals surface area contributed by atoms with Crippen molar-refractivity contribution < 1.29 is 67.7 Å². The molecule has 15 heteroatoms. The Morgan fingerprint density at radius 2 is 1.18 bits per heavy atom. The third kappa shape index (κ3) is 4.08. The number of carboxylic acids is 1. The second kappa shape index (κ2) is 5.68. The summed E-state index contributed by atoms with van der Waals surface area (Å²) in [5.74, 6) is -9.55. The van der Waals surface area contributed by atoms with Gasteiger partial charge in [0.15, 0.2) is 6.61 Å².